The standard InChI is InChI=1S/C11H5Br2Cl3S/c12-5-1-2-6(8(13)3-5)10(15)7-4-9(14)17-11(7)16/h1-4,10H. The van der Waals surface area contributed by atoms with Gasteiger partial charge in [0.2, 0.25) is 0 Å². The number of alkyl halides is 1. The summed E-state index contributed by atoms with van der Waals surface area (Å²) in [6, 6.07) is 7.65. The highest BCUT2D eigenvalue weighted by atomic mass is 79.9. The maximum Gasteiger partial charge on any atom is 0.0994 e. The number of rotatable bonds is 2. The Morgan fingerprint density at radius 3 is 2.29 bits per heavy atom. The van der Waals surface area contributed by atoms with Crippen molar-refractivity contribution in [3.8, 4) is 0 Å². The van der Waals surface area contributed by atoms with E-state index in [1.807, 2.05) is 18.2 Å². The molecule has 1 heterocycles. The molecular formula is C11H5Br2Cl3S. The fourth-order valence-electron chi connectivity index (χ4n) is 1.40. The maximum atomic E-state index is 6.43. The second-order valence-electron chi connectivity index (χ2n) is 3.31. The molecule has 0 aliphatic carbocycles. The van der Waals surface area contributed by atoms with Gasteiger partial charge >= 0.3 is 0 Å². The maximum absolute atomic E-state index is 6.43. The lowest BCUT2D eigenvalue weighted by molar-refractivity contribution is 1.14. The van der Waals surface area contributed by atoms with Gasteiger partial charge in [-0.2, -0.15) is 0 Å². The van der Waals surface area contributed by atoms with Crippen molar-refractivity contribution in [2.24, 2.45) is 0 Å². The van der Waals surface area contributed by atoms with E-state index in [1.54, 1.807) is 6.07 Å². The molecule has 0 N–H and O–H groups in total. The Kier molecular flexibility index (Phi) is 4.84. The minimum atomic E-state index is -0.311. The monoisotopic (exact) mass is 432 g/mol. The molecule has 1 aromatic carbocycles. The van der Waals surface area contributed by atoms with Crippen LogP contribution in [-0.4, -0.2) is 0 Å². The summed E-state index contributed by atoms with van der Waals surface area (Å²) in [5, 5.41) is -0.311. The van der Waals surface area contributed by atoms with E-state index in [-0.39, 0.29) is 5.38 Å². The van der Waals surface area contributed by atoms with Crippen molar-refractivity contribution in [2.45, 2.75) is 5.38 Å². The van der Waals surface area contributed by atoms with E-state index in [4.69, 9.17) is 34.8 Å². The van der Waals surface area contributed by atoms with E-state index in [1.165, 1.54) is 11.3 Å². The minimum absolute atomic E-state index is 0.311. The number of hydrogen-bond acceptors (Lipinski definition) is 1. The molecule has 0 aliphatic rings. The topological polar surface area (TPSA) is 0 Å². The molecule has 0 saturated heterocycles. The zero-order valence-electron chi connectivity index (χ0n) is 8.18. The number of thiophene rings is 1. The molecule has 0 saturated carbocycles. The van der Waals surface area contributed by atoms with Crippen LogP contribution in [0.3, 0.4) is 0 Å². The van der Waals surface area contributed by atoms with Crippen LogP contribution in [-0.2, 0) is 0 Å². The van der Waals surface area contributed by atoms with Crippen LogP contribution in [0.5, 0.6) is 0 Å². The Labute approximate surface area is 135 Å². The van der Waals surface area contributed by atoms with Crippen molar-refractivity contribution in [3.05, 3.63) is 53.0 Å². The predicted octanol–water partition coefficient (Wildman–Crippen LogP) is 6.91. The summed E-state index contributed by atoms with van der Waals surface area (Å²) in [4.78, 5) is 0. The predicted molar refractivity (Wildman–Crippen MR) is 83.9 cm³/mol. The molecule has 0 amide bonds. The van der Waals surface area contributed by atoms with Gasteiger partial charge in [0.25, 0.3) is 0 Å². The minimum Gasteiger partial charge on any atom is -0.112 e. The molecule has 0 aliphatic heterocycles. The van der Waals surface area contributed by atoms with Gasteiger partial charge in [-0.25, -0.2) is 0 Å². The Balaban J connectivity index is 2.43. The Bertz CT molecular complexity index is 554. The Morgan fingerprint density at radius 1 is 1.06 bits per heavy atom. The summed E-state index contributed by atoms with van der Waals surface area (Å²) < 4.78 is 3.20. The zero-order valence-corrected chi connectivity index (χ0v) is 14.4. The smallest absolute Gasteiger partial charge is 0.0994 e. The molecule has 0 nitrogen and oxygen atoms in total. The first-order chi connectivity index (χ1) is 7.99. The van der Waals surface area contributed by atoms with Crippen LogP contribution in [0.4, 0.5) is 0 Å². The lowest BCUT2D eigenvalue weighted by Crippen LogP contribution is -1.93. The number of hydrogen-bond donors (Lipinski definition) is 0. The third-order valence-corrected chi connectivity index (χ3v) is 5.36. The number of halogens is 5. The van der Waals surface area contributed by atoms with Gasteiger partial charge in [-0.05, 0) is 23.8 Å². The summed E-state index contributed by atoms with van der Waals surface area (Å²) in [5.41, 5.74) is 1.80. The van der Waals surface area contributed by atoms with E-state index in [0.29, 0.717) is 8.67 Å². The highest BCUT2D eigenvalue weighted by Gasteiger charge is 2.19. The highest BCUT2D eigenvalue weighted by molar-refractivity contribution is 9.11. The van der Waals surface area contributed by atoms with Crippen molar-refractivity contribution < 1.29 is 0 Å². The summed E-state index contributed by atoms with van der Waals surface area (Å²) in [6.45, 7) is 0. The van der Waals surface area contributed by atoms with Crippen LogP contribution in [0, 0.1) is 0 Å². The van der Waals surface area contributed by atoms with Gasteiger partial charge in [0.1, 0.15) is 0 Å². The summed E-state index contributed by atoms with van der Waals surface area (Å²) in [6.07, 6.45) is 0. The van der Waals surface area contributed by atoms with Gasteiger partial charge < -0.3 is 0 Å². The molecular weight excluding hydrogens is 430 g/mol. The average molecular weight is 435 g/mol. The Hall–Kier alpha value is 0.750. The molecule has 17 heavy (non-hydrogen) atoms. The lowest BCUT2D eigenvalue weighted by Gasteiger charge is -2.11. The summed E-state index contributed by atoms with van der Waals surface area (Å²) in [7, 11) is 0. The van der Waals surface area contributed by atoms with Crippen LogP contribution in [0.25, 0.3) is 0 Å². The van der Waals surface area contributed by atoms with Crippen LogP contribution >= 0.6 is 78.0 Å². The molecule has 2 aromatic rings. The van der Waals surface area contributed by atoms with Crippen molar-refractivity contribution in [3.63, 3.8) is 0 Å². The van der Waals surface area contributed by atoms with Crippen molar-refractivity contribution in [1.29, 1.82) is 0 Å². The molecule has 1 aromatic heterocycles. The molecule has 1 unspecified atom stereocenters. The molecule has 6 heteroatoms. The van der Waals surface area contributed by atoms with E-state index in [9.17, 15) is 0 Å². The van der Waals surface area contributed by atoms with Gasteiger partial charge in [-0.15, -0.1) is 22.9 Å². The average Bonchev–Trinajstić information content (AvgIpc) is 2.57. The van der Waals surface area contributed by atoms with Crippen molar-refractivity contribution in [1.82, 2.24) is 0 Å². The Morgan fingerprint density at radius 2 is 1.76 bits per heavy atom. The zero-order chi connectivity index (χ0) is 12.6. The van der Waals surface area contributed by atoms with Gasteiger partial charge in [0, 0.05) is 14.5 Å². The molecule has 90 valence electrons. The van der Waals surface area contributed by atoms with Crippen LogP contribution < -0.4 is 0 Å². The molecule has 1 atom stereocenters. The van der Waals surface area contributed by atoms with Crippen LogP contribution in [0.1, 0.15) is 16.5 Å². The molecule has 0 fully saturated rings. The fourth-order valence-corrected chi connectivity index (χ4v) is 4.82. The van der Waals surface area contributed by atoms with Gasteiger partial charge in [0.05, 0.1) is 14.0 Å². The lowest BCUT2D eigenvalue weighted by atomic mass is 10.1. The SMILES string of the molecule is Clc1cc(C(Cl)c2ccc(Br)cc2Br)c(Cl)s1. The first-order valence-corrected chi connectivity index (χ1v) is 8.12. The third-order valence-electron chi connectivity index (χ3n) is 2.19. The van der Waals surface area contributed by atoms with Crippen molar-refractivity contribution in [2.75, 3.05) is 0 Å². The van der Waals surface area contributed by atoms with E-state index >= 15 is 0 Å². The van der Waals surface area contributed by atoms with Gasteiger partial charge in [-0.1, -0.05) is 61.1 Å². The van der Waals surface area contributed by atoms with Gasteiger partial charge in [0.15, 0.2) is 0 Å². The first-order valence-electron chi connectivity index (χ1n) is 4.53. The molecule has 2 rings (SSSR count). The van der Waals surface area contributed by atoms with E-state index in [2.05, 4.69) is 31.9 Å². The second-order valence-corrected chi connectivity index (χ2v) is 7.80. The molecule has 0 bridgehead atoms. The van der Waals surface area contributed by atoms with E-state index in [0.717, 1.165) is 20.1 Å². The fraction of sp³-hybridized carbons (Fsp3) is 0.0909. The molecule has 0 spiro atoms. The van der Waals surface area contributed by atoms with Crippen LogP contribution in [0.15, 0.2) is 33.2 Å². The third kappa shape index (κ3) is 3.20. The highest BCUT2D eigenvalue weighted by Crippen LogP contribution is 2.42. The van der Waals surface area contributed by atoms with Crippen LogP contribution in [0.2, 0.25) is 8.67 Å². The number of benzene rings is 1. The normalized spacial score (nSPS) is 12.8. The molecule has 0 radical (unpaired) electrons. The van der Waals surface area contributed by atoms with Crippen molar-refractivity contribution >= 4 is 78.0 Å². The quantitative estimate of drug-likeness (QED) is 0.450. The summed E-state index contributed by atoms with van der Waals surface area (Å²) >= 11 is 26.7. The van der Waals surface area contributed by atoms with Gasteiger partial charge in [-0.3, -0.25) is 0 Å². The largest absolute Gasteiger partial charge is 0.112 e. The first kappa shape index (κ1) is 14.2. The second kappa shape index (κ2) is 5.81. The van der Waals surface area contributed by atoms with E-state index < -0.39 is 0 Å². The summed E-state index contributed by atoms with van der Waals surface area (Å²) in [5.74, 6) is 0.